The monoisotopic (exact) mass is 436 g/mol. The molecule has 0 aliphatic carbocycles. The second-order valence-electron chi connectivity index (χ2n) is 7.92. The zero-order valence-electron chi connectivity index (χ0n) is 18.5. The molecule has 0 bridgehead atoms. The number of H-pyrrole nitrogens is 1. The number of carbonyl (C=O) groups excluding carboxylic acids is 1. The Hall–Kier alpha value is -4.37. The van der Waals surface area contributed by atoms with Crippen molar-refractivity contribution >= 4 is 34.3 Å². The summed E-state index contributed by atoms with van der Waals surface area (Å²) in [7, 11) is 0. The van der Waals surface area contributed by atoms with Gasteiger partial charge < -0.3 is 15.0 Å². The second kappa shape index (κ2) is 9.84. The van der Waals surface area contributed by atoms with Gasteiger partial charge in [-0.25, -0.2) is 4.98 Å². The molecule has 2 N–H and O–H groups in total. The highest BCUT2D eigenvalue weighted by Gasteiger charge is 2.10. The number of anilines is 1. The van der Waals surface area contributed by atoms with Crippen molar-refractivity contribution in [2.75, 3.05) is 11.9 Å². The van der Waals surface area contributed by atoms with Crippen LogP contribution in [-0.2, 0) is 4.79 Å². The van der Waals surface area contributed by atoms with Crippen LogP contribution in [0.2, 0.25) is 0 Å². The normalized spacial score (nSPS) is 11.4. The molecule has 0 atom stereocenters. The van der Waals surface area contributed by atoms with Crippen LogP contribution in [0.3, 0.4) is 0 Å². The Morgan fingerprint density at radius 3 is 2.55 bits per heavy atom. The molecule has 6 heteroatoms. The van der Waals surface area contributed by atoms with Crippen molar-refractivity contribution in [1.29, 1.82) is 5.26 Å². The minimum Gasteiger partial charge on any atom is -0.484 e. The summed E-state index contributed by atoms with van der Waals surface area (Å²) in [4.78, 5) is 20.0. The zero-order valence-corrected chi connectivity index (χ0v) is 18.5. The van der Waals surface area contributed by atoms with Gasteiger partial charge in [-0.3, -0.25) is 4.79 Å². The molecule has 0 aliphatic heterocycles. The lowest BCUT2D eigenvalue weighted by Crippen LogP contribution is -2.21. The van der Waals surface area contributed by atoms with E-state index in [1.807, 2.05) is 60.7 Å². The fourth-order valence-corrected chi connectivity index (χ4v) is 3.51. The predicted octanol–water partition coefficient (Wildman–Crippen LogP) is 5.77. The van der Waals surface area contributed by atoms with Crippen molar-refractivity contribution in [3.8, 4) is 11.8 Å². The summed E-state index contributed by atoms with van der Waals surface area (Å²) in [5, 5.41) is 12.5. The van der Waals surface area contributed by atoms with Gasteiger partial charge in [0.15, 0.2) is 6.61 Å². The summed E-state index contributed by atoms with van der Waals surface area (Å²) < 4.78 is 5.63. The van der Waals surface area contributed by atoms with Gasteiger partial charge in [0.1, 0.15) is 17.6 Å². The molecule has 33 heavy (non-hydrogen) atoms. The number of imidazole rings is 1. The van der Waals surface area contributed by atoms with Crippen LogP contribution < -0.4 is 10.1 Å². The molecule has 6 nitrogen and oxygen atoms in total. The molecule has 1 aromatic heterocycles. The SMILES string of the molecule is CC(C)c1ccccc1NC(=O)COc1ccc(C=C(C#N)c2nc3ccccc3[nH]2)cc1. The van der Waals surface area contributed by atoms with Crippen molar-refractivity contribution in [3.63, 3.8) is 0 Å². The maximum absolute atomic E-state index is 12.4. The molecule has 164 valence electrons. The number of allylic oxidation sites excluding steroid dienone is 1. The zero-order chi connectivity index (χ0) is 23.2. The summed E-state index contributed by atoms with van der Waals surface area (Å²) in [6.07, 6.45) is 1.76. The number of hydrogen-bond acceptors (Lipinski definition) is 4. The van der Waals surface area contributed by atoms with Gasteiger partial charge in [0.25, 0.3) is 5.91 Å². The van der Waals surface area contributed by atoms with Gasteiger partial charge in [-0.05, 0) is 53.5 Å². The Morgan fingerprint density at radius 1 is 1.09 bits per heavy atom. The smallest absolute Gasteiger partial charge is 0.262 e. The Labute approximate surface area is 192 Å². The van der Waals surface area contributed by atoms with Crippen LogP contribution in [0.15, 0.2) is 72.8 Å². The lowest BCUT2D eigenvalue weighted by molar-refractivity contribution is -0.118. The number of rotatable bonds is 7. The van der Waals surface area contributed by atoms with Crippen molar-refractivity contribution in [2.24, 2.45) is 0 Å². The maximum atomic E-state index is 12.4. The van der Waals surface area contributed by atoms with E-state index in [4.69, 9.17) is 4.74 Å². The van der Waals surface area contributed by atoms with Gasteiger partial charge in [-0.1, -0.05) is 56.3 Å². The van der Waals surface area contributed by atoms with Crippen molar-refractivity contribution in [3.05, 3.63) is 89.7 Å². The van der Waals surface area contributed by atoms with Gasteiger partial charge in [0.2, 0.25) is 0 Å². The summed E-state index contributed by atoms with van der Waals surface area (Å²) in [6.45, 7) is 4.08. The van der Waals surface area contributed by atoms with E-state index < -0.39 is 0 Å². The number of aromatic nitrogens is 2. The van der Waals surface area contributed by atoms with E-state index in [-0.39, 0.29) is 12.5 Å². The Balaban J connectivity index is 1.40. The molecule has 4 rings (SSSR count). The molecule has 0 spiro atoms. The summed E-state index contributed by atoms with van der Waals surface area (Å²) in [5.74, 6) is 1.18. The fraction of sp³-hybridized carbons (Fsp3) is 0.148. The number of hydrogen-bond donors (Lipinski definition) is 2. The number of benzene rings is 3. The van der Waals surface area contributed by atoms with E-state index in [2.05, 4.69) is 35.2 Å². The number of nitriles is 1. The standard InChI is InChI=1S/C27H24N4O2/c1-18(2)22-7-3-4-8-23(22)29-26(32)17-33-21-13-11-19(12-14-21)15-20(16-28)27-30-24-9-5-6-10-25(24)31-27/h3-15,18H,17H2,1-2H3,(H,29,32)(H,30,31). The highest BCUT2D eigenvalue weighted by molar-refractivity contribution is 5.93. The molecule has 0 radical (unpaired) electrons. The van der Waals surface area contributed by atoms with E-state index in [1.165, 1.54) is 0 Å². The summed E-state index contributed by atoms with van der Waals surface area (Å²) in [5.41, 5.74) is 4.84. The Morgan fingerprint density at radius 2 is 1.82 bits per heavy atom. The highest BCUT2D eigenvalue weighted by Crippen LogP contribution is 2.24. The number of nitrogens with one attached hydrogen (secondary N) is 2. The van der Waals surface area contributed by atoms with Crippen molar-refractivity contribution < 1.29 is 9.53 Å². The minimum atomic E-state index is -0.219. The van der Waals surface area contributed by atoms with Crippen LogP contribution in [0, 0.1) is 11.3 Å². The molecule has 0 saturated heterocycles. The second-order valence-corrected chi connectivity index (χ2v) is 7.92. The van der Waals surface area contributed by atoms with E-state index in [0.29, 0.717) is 23.1 Å². The largest absolute Gasteiger partial charge is 0.484 e. The van der Waals surface area contributed by atoms with Crippen LogP contribution >= 0.6 is 0 Å². The average molecular weight is 437 g/mol. The van der Waals surface area contributed by atoms with Gasteiger partial charge in [-0.2, -0.15) is 5.26 Å². The first-order chi connectivity index (χ1) is 16.0. The minimum absolute atomic E-state index is 0.0932. The van der Waals surface area contributed by atoms with Crippen LogP contribution in [0.1, 0.15) is 36.7 Å². The third kappa shape index (κ3) is 5.28. The molecule has 3 aromatic carbocycles. The van der Waals surface area contributed by atoms with E-state index >= 15 is 0 Å². The topological polar surface area (TPSA) is 90.8 Å². The van der Waals surface area contributed by atoms with E-state index in [1.54, 1.807) is 18.2 Å². The number of nitrogens with zero attached hydrogens (tertiary/aromatic N) is 2. The van der Waals surface area contributed by atoms with Crippen molar-refractivity contribution in [2.45, 2.75) is 19.8 Å². The number of carbonyl (C=O) groups is 1. The van der Waals surface area contributed by atoms with Crippen LogP contribution in [0.25, 0.3) is 22.7 Å². The van der Waals surface area contributed by atoms with Crippen LogP contribution in [0.4, 0.5) is 5.69 Å². The number of amides is 1. The maximum Gasteiger partial charge on any atom is 0.262 e. The Bertz CT molecular complexity index is 1310. The first kappa shape index (κ1) is 21.8. The van der Waals surface area contributed by atoms with Crippen LogP contribution in [0.5, 0.6) is 5.75 Å². The third-order valence-corrected chi connectivity index (χ3v) is 5.18. The van der Waals surface area contributed by atoms with E-state index in [9.17, 15) is 10.1 Å². The molecule has 0 unspecified atom stereocenters. The predicted molar refractivity (Wildman–Crippen MR) is 131 cm³/mol. The van der Waals surface area contributed by atoms with Gasteiger partial charge in [0.05, 0.1) is 16.6 Å². The lowest BCUT2D eigenvalue weighted by Gasteiger charge is -2.14. The number of ether oxygens (including phenoxy) is 1. The Kier molecular flexibility index (Phi) is 6.51. The molecule has 4 aromatic rings. The molecule has 0 fully saturated rings. The van der Waals surface area contributed by atoms with Gasteiger partial charge in [-0.15, -0.1) is 0 Å². The molecule has 0 saturated carbocycles. The first-order valence-corrected chi connectivity index (χ1v) is 10.7. The molecule has 0 aliphatic rings. The summed E-state index contributed by atoms with van der Waals surface area (Å²) in [6, 6.07) is 24.8. The lowest BCUT2D eigenvalue weighted by atomic mass is 10.0. The number of para-hydroxylation sites is 3. The van der Waals surface area contributed by atoms with E-state index in [0.717, 1.165) is 27.8 Å². The van der Waals surface area contributed by atoms with Crippen molar-refractivity contribution in [1.82, 2.24) is 9.97 Å². The summed E-state index contributed by atoms with van der Waals surface area (Å²) >= 11 is 0. The highest BCUT2D eigenvalue weighted by atomic mass is 16.5. The number of aromatic amines is 1. The third-order valence-electron chi connectivity index (χ3n) is 5.18. The quantitative estimate of drug-likeness (QED) is 0.360. The first-order valence-electron chi connectivity index (χ1n) is 10.7. The number of fused-ring (bicyclic) bond motifs is 1. The molecular weight excluding hydrogens is 412 g/mol. The average Bonchev–Trinajstić information content (AvgIpc) is 3.26. The van der Waals surface area contributed by atoms with Gasteiger partial charge >= 0.3 is 0 Å². The molecule has 1 heterocycles. The fourth-order valence-electron chi connectivity index (χ4n) is 3.51. The molecular formula is C27H24N4O2. The van der Waals surface area contributed by atoms with Crippen LogP contribution in [-0.4, -0.2) is 22.5 Å². The molecule has 1 amide bonds. The van der Waals surface area contributed by atoms with Gasteiger partial charge in [0, 0.05) is 5.69 Å².